The molecule has 2 rings (SSSR count). The third kappa shape index (κ3) is 6.49. The van der Waals surface area contributed by atoms with Crippen LogP contribution < -0.4 is 15.4 Å². The van der Waals surface area contributed by atoms with Crippen molar-refractivity contribution in [1.29, 1.82) is 0 Å². The highest BCUT2D eigenvalue weighted by atomic mass is 127. The van der Waals surface area contributed by atoms with E-state index in [9.17, 15) is 8.78 Å². The van der Waals surface area contributed by atoms with Gasteiger partial charge >= 0.3 is 0 Å². The van der Waals surface area contributed by atoms with Gasteiger partial charge in [0.15, 0.2) is 5.96 Å². The first-order valence-electron chi connectivity index (χ1n) is 7.64. The van der Waals surface area contributed by atoms with Gasteiger partial charge in [-0.3, -0.25) is 4.99 Å². The molecule has 0 aromatic heterocycles. The summed E-state index contributed by atoms with van der Waals surface area (Å²) in [4.78, 5) is 4.12. The second-order valence-corrected chi connectivity index (χ2v) is 5.15. The Kier molecular flexibility index (Phi) is 9.18. The molecule has 0 saturated carbocycles. The summed E-state index contributed by atoms with van der Waals surface area (Å²) in [6.07, 6.45) is 0.360. The lowest BCUT2D eigenvalue weighted by Gasteiger charge is -2.14. The first kappa shape index (κ1) is 21.1. The third-order valence-corrected chi connectivity index (χ3v) is 3.56. The van der Waals surface area contributed by atoms with Gasteiger partial charge in [-0.05, 0) is 36.2 Å². The number of halogens is 3. The zero-order valence-corrected chi connectivity index (χ0v) is 16.5. The summed E-state index contributed by atoms with van der Waals surface area (Å²) in [7, 11) is 3.28. The van der Waals surface area contributed by atoms with Crippen molar-refractivity contribution < 1.29 is 13.5 Å². The van der Waals surface area contributed by atoms with Gasteiger partial charge in [-0.1, -0.05) is 18.2 Å². The summed E-state index contributed by atoms with van der Waals surface area (Å²) in [6, 6.07) is 11.1. The number of hydrogen-bond acceptors (Lipinski definition) is 2. The van der Waals surface area contributed by atoms with Crippen LogP contribution in [0.3, 0.4) is 0 Å². The summed E-state index contributed by atoms with van der Waals surface area (Å²) in [6.45, 7) is 0.976. The lowest BCUT2D eigenvalue weighted by atomic mass is 10.1. The van der Waals surface area contributed by atoms with Crippen LogP contribution >= 0.6 is 24.0 Å². The standard InChI is InChI=1S/C18H21F2N3O.HI/c1-21-18(23-12-14-5-3-4-6-17(14)24-2)22-10-9-13-11-15(19)7-8-16(13)20;/h3-8,11H,9-10,12H2,1-2H3,(H2,21,22,23);1H. The Balaban J connectivity index is 0.00000312. The van der Waals surface area contributed by atoms with Gasteiger partial charge in [0.25, 0.3) is 0 Å². The number of guanidine groups is 1. The van der Waals surface area contributed by atoms with Gasteiger partial charge in [-0.2, -0.15) is 0 Å². The van der Waals surface area contributed by atoms with Crippen LogP contribution in [0.1, 0.15) is 11.1 Å². The van der Waals surface area contributed by atoms with Crippen LogP contribution in [0.4, 0.5) is 8.78 Å². The smallest absolute Gasteiger partial charge is 0.191 e. The van der Waals surface area contributed by atoms with Crippen molar-refractivity contribution in [2.45, 2.75) is 13.0 Å². The van der Waals surface area contributed by atoms with Gasteiger partial charge in [0.2, 0.25) is 0 Å². The van der Waals surface area contributed by atoms with E-state index >= 15 is 0 Å². The molecule has 136 valence electrons. The molecule has 25 heavy (non-hydrogen) atoms. The summed E-state index contributed by atoms with van der Waals surface area (Å²) >= 11 is 0. The molecule has 7 heteroatoms. The Morgan fingerprint density at radius 3 is 2.56 bits per heavy atom. The van der Waals surface area contributed by atoms with E-state index in [1.807, 2.05) is 24.3 Å². The van der Waals surface area contributed by atoms with Crippen LogP contribution in [-0.4, -0.2) is 26.7 Å². The maximum absolute atomic E-state index is 13.6. The number of aliphatic imine (C=N–C) groups is 1. The normalized spacial score (nSPS) is 10.8. The quantitative estimate of drug-likeness (QED) is 0.394. The molecule has 2 aromatic rings. The number of para-hydroxylation sites is 1. The molecular formula is C18H22F2IN3O. The topological polar surface area (TPSA) is 45.7 Å². The van der Waals surface area contributed by atoms with E-state index in [0.717, 1.165) is 23.4 Å². The molecule has 0 aliphatic heterocycles. The summed E-state index contributed by atoms with van der Waals surface area (Å²) in [5.74, 6) is 0.528. The van der Waals surface area contributed by atoms with Crippen LogP contribution in [0.25, 0.3) is 0 Å². The average Bonchev–Trinajstić information content (AvgIpc) is 2.61. The Morgan fingerprint density at radius 1 is 1.08 bits per heavy atom. The number of benzene rings is 2. The highest BCUT2D eigenvalue weighted by molar-refractivity contribution is 14.0. The Morgan fingerprint density at radius 2 is 1.84 bits per heavy atom. The number of nitrogens with zero attached hydrogens (tertiary/aromatic N) is 1. The molecule has 0 unspecified atom stereocenters. The number of methoxy groups -OCH3 is 1. The van der Waals surface area contributed by atoms with Crippen molar-refractivity contribution in [3.63, 3.8) is 0 Å². The van der Waals surface area contributed by atoms with Crippen LogP contribution in [-0.2, 0) is 13.0 Å². The summed E-state index contributed by atoms with van der Waals surface area (Å²) in [5.41, 5.74) is 1.34. The number of hydrogen-bond donors (Lipinski definition) is 2. The van der Waals surface area contributed by atoms with E-state index in [2.05, 4.69) is 15.6 Å². The molecule has 0 atom stereocenters. The Hall–Kier alpha value is -1.90. The van der Waals surface area contributed by atoms with Gasteiger partial charge in [0.05, 0.1) is 7.11 Å². The molecule has 0 aliphatic rings. The second-order valence-electron chi connectivity index (χ2n) is 5.15. The molecule has 0 aliphatic carbocycles. The Bertz CT molecular complexity index is 710. The van der Waals surface area contributed by atoms with Crippen molar-refractivity contribution in [2.24, 2.45) is 4.99 Å². The van der Waals surface area contributed by atoms with Crippen molar-refractivity contribution in [2.75, 3.05) is 20.7 Å². The highest BCUT2D eigenvalue weighted by Crippen LogP contribution is 2.16. The summed E-state index contributed by atoms with van der Waals surface area (Å²) < 4.78 is 32.0. The van der Waals surface area contributed by atoms with Gasteiger partial charge < -0.3 is 15.4 Å². The fourth-order valence-electron chi connectivity index (χ4n) is 2.30. The van der Waals surface area contributed by atoms with Crippen molar-refractivity contribution in [3.05, 3.63) is 65.2 Å². The van der Waals surface area contributed by atoms with Crippen molar-refractivity contribution >= 4 is 29.9 Å². The van der Waals surface area contributed by atoms with E-state index in [4.69, 9.17) is 4.74 Å². The zero-order valence-electron chi connectivity index (χ0n) is 14.2. The van der Waals surface area contributed by atoms with Crippen LogP contribution in [0.5, 0.6) is 5.75 Å². The molecule has 0 spiro atoms. The fourth-order valence-corrected chi connectivity index (χ4v) is 2.30. The van der Waals surface area contributed by atoms with Crippen LogP contribution in [0.15, 0.2) is 47.5 Å². The van der Waals surface area contributed by atoms with Gasteiger partial charge in [0, 0.05) is 25.7 Å². The molecule has 2 N–H and O–H groups in total. The first-order chi connectivity index (χ1) is 11.6. The van der Waals surface area contributed by atoms with E-state index in [1.54, 1.807) is 14.2 Å². The minimum atomic E-state index is -0.440. The Labute approximate surface area is 163 Å². The molecular weight excluding hydrogens is 439 g/mol. The minimum Gasteiger partial charge on any atom is -0.496 e. The first-order valence-corrected chi connectivity index (χ1v) is 7.64. The molecule has 0 heterocycles. The van der Waals surface area contributed by atoms with E-state index < -0.39 is 11.6 Å². The number of nitrogens with one attached hydrogen (secondary N) is 2. The predicted molar refractivity (Wildman–Crippen MR) is 107 cm³/mol. The van der Waals surface area contributed by atoms with E-state index in [0.29, 0.717) is 31.0 Å². The fraction of sp³-hybridized carbons (Fsp3) is 0.278. The third-order valence-electron chi connectivity index (χ3n) is 3.56. The lowest BCUT2D eigenvalue weighted by Crippen LogP contribution is -2.38. The van der Waals surface area contributed by atoms with Crippen LogP contribution in [0, 0.1) is 11.6 Å². The maximum Gasteiger partial charge on any atom is 0.191 e. The largest absolute Gasteiger partial charge is 0.496 e. The van der Waals surface area contributed by atoms with Gasteiger partial charge in [-0.25, -0.2) is 8.78 Å². The van der Waals surface area contributed by atoms with E-state index in [1.165, 1.54) is 6.07 Å². The molecule has 0 bridgehead atoms. The number of ether oxygens (including phenoxy) is 1. The maximum atomic E-state index is 13.6. The van der Waals surface area contributed by atoms with Gasteiger partial charge in [-0.15, -0.1) is 24.0 Å². The van der Waals surface area contributed by atoms with E-state index in [-0.39, 0.29) is 24.0 Å². The highest BCUT2D eigenvalue weighted by Gasteiger charge is 2.06. The molecule has 0 saturated heterocycles. The molecule has 4 nitrogen and oxygen atoms in total. The average molecular weight is 461 g/mol. The lowest BCUT2D eigenvalue weighted by molar-refractivity contribution is 0.409. The predicted octanol–water partition coefficient (Wildman–Crippen LogP) is 3.50. The van der Waals surface area contributed by atoms with Crippen molar-refractivity contribution in [3.8, 4) is 5.75 Å². The molecule has 2 aromatic carbocycles. The SMILES string of the molecule is CN=C(NCCc1cc(F)ccc1F)NCc1ccccc1OC.I. The van der Waals surface area contributed by atoms with Crippen molar-refractivity contribution in [1.82, 2.24) is 10.6 Å². The van der Waals surface area contributed by atoms with Crippen LogP contribution in [0.2, 0.25) is 0 Å². The molecule has 0 fully saturated rings. The number of rotatable bonds is 6. The second kappa shape index (κ2) is 10.9. The molecule has 0 radical (unpaired) electrons. The van der Waals surface area contributed by atoms with Gasteiger partial charge in [0.1, 0.15) is 17.4 Å². The monoisotopic (exact) mass is 461 g/mol. The zero-order chi connectivity index (χ0) is 17.4. The molecule has 0 amide bonds. The minimum absolute atomic E-state index is 0. The summed E-state index contributed by atoms with van der Waals surface area (Å²) in [5, 5.41) is 6.25.